The minimum Gasteiger partial charge on any atom is -0.490 e. The summed E-state index contributed by atoms with van der Waals surface area (Å²) < 4.78 is 11.8. The van der Waals surface area contributed by atoms with Gasteiger partial charge in [-0.25, -0.2) is 9.98 Å². The van der Waals surface area contributed by atoms with Crippen molar-refractivity contribution in [1.82, 2.24) is 9.88 Å². The molecule has 1 saturated heterocycles. The Hall–Kier alpha value is -3.29. The Bertz CT molecular complexity index is 1280. The second-order valence-electron chi connectivity index (χ2n) is 7.53. The van der Waals surface area contributed by atoms with Crippen LogP contribution in [0.4, 0.5) is 5.82 Å². The van der Waals surface area contributed by atoms with Crippen LogP contribution in [0.3, 0.4) is 0 Å². The van der Waals surface area contributed by atoms with Crippen molar-refractivity contribution in [3.8, 4) is 11.5 Å². The van der Waals surface area contributed by atoms with Gasteiger partial charge in [-0.2, -0.15) is 0 Å². The minimum absolute atomic E-state index is 0.117. The molecule has 0 aliphatic carbocycles. The topological polar surface area (TPSA) is 64.0 Å². The van der Waals surface area contributed by atoms with Crippen LogP contribution in [0.25, 0.3) is 6.08 Å². The average molecular weight is 494 g/mol. The van der Waals surface area contributed by atoms with Crippen molar-refractivity contribution >= 4 is 46.3 Å². The normalized spacial score (nSPS) is 15.9. The molecule has 6 nitrogen and oxygen atoms in total. The maximum atomic E-state index is 12.8. The van der Waals surface area contributed by atoms with Gasteiger partial charge in [0.2, 0.25) is 0 Å². The smallest absolute Gasteiger partial charge is 0.266 e. The minimum atomic E-state index is -0.117. The van der Waals surface area contributed by atoms with E-state index in [9.17, 15) is 4.79 Å². The highest BCUT2D eigenvalue weighted by molar-refractivity contribution is 8.18. The highest BCUT2D eigenvalue weighted by Gasteiger charge is 2.30. The molecule has 174 valence electrons. The summed E-state index contributed by atoms with van der Waals surface area (Å²) in [5.41, 5.74) is 2.59. The number of carbonyl (C=O) groups excluding carboxylic acids is 1. The van der Waals surface area contributed by atoms with Crippen molar-refractivity contribution < 1.29 is 14.3 Å². The number of halogens is 1. The molecule has 8 heteroatoms. The number of hydrogen-bond acceptors (Lipinski definition) is 6. The first-order chi connectivity index (χ1) is 16.4. The Kier molecular flexibility index (Phi) is 7.55. The number of ether oxygens (including phenoxy) is 2. The van der Waals surface area contributed by atoms with E-state index in [-0.39, 0.29) is 5.91 Å². The average Bonchev–Trinajstić information content (AvgIpc) is 3.07. The number of carbonyl (C=O) groups is 1. The first kappa shape index (κ1) is 23.9. The molecule has 0 radical (unpaired) electrons. The lowest BCUT2D eigenvalue weighted by Gasteiger charge is -2.13. The molecule has 1 aliphatic heterocycles. The van der Waals surface area contributed by atoms with Crippen LogP contribution in [-0.2, 0) is 11.4 Å². The van der Waals surface area contributed by atoms with Gasteiger partial charge >= 0.3 is 0 Å². The number of thioether (sulfide) groups is 1. The van der Waals surface area contributed by atoms with Gasteiger partial charge in [0.25, 0.3) is 5.91 Å². The van der Waals surface area contributed by atoms with Crippen molar-refractivity contribution in [2.24, 2.45) is 4.99 Å². The van der Waals surface area contributed by atoms with E-state index in [1.165, 1.54) is 16.7 Å². The fourth-order valence-corrected chi connectivity index (χ4v) is 4.43. The Morgan fingerprint density at radius 2 is 1.91 bits per heavy atom. The van der Waals surface area contributed by atoms with Gasteiger partial charge in [-0.3, -0.25) is 9.69 Å². The van der Waals surface area contributed by atoms with Crippen molar-refractivity contribution in [3.63, 3.8) is 0 Å². The molecule has 0 atom stereocenters. The lowest BCUT2D eigenvalue weighted by atomic mass is 10.1. The quantitative estimate of drug-likeness (QED) is 0.364. The predicted molar refractivity (Wildman–Crippen MR) is 138 cm³/mol. The zero-order chi connectivity index (χ0) is 24.1. The van der Waals surface area contributed by atoms with Gasteiger partial charge in [-0.15, -0.1) is 0 Å². The number of aromatic nitrogens is 1. The molecular formula is C26H24ClN3O3S. The van der Waals surface area contributed by atoms with E-state index in [4.69, 9.17) is 21.1 Å². The number of rotatable bonds is 7. The van der Waals surface area contributed by atoms with Crippen molar-refractivity contribution in [2.75, 3.05) is 13.7 Å². The summed E-state index contributed by atoms with van der Waals surface area (Å²) in [7, 11) is 1.71. The van der Waals surface area contributed by atoms with Gasteiger partial charge in [0.1, 0.15) is 6.61 Å². The zero-order valence-electron chi connectivity index (χ0n) is 19.1. The fourth-order valence-electron chi connectivity index (χ4n) is 3.26. The van der Waals surface area contributed by atoms with Crippen molar-refractivity contribution in [3.05, 3.63) is 87.4 Å². The van der Waals surface area contributed by atoms with Crippen LogP contribution >= 0.6 is 23.4 Å². The summed E-state index contributed by atoms with van der Waals surface area (Å²) in [5.74, 6) is 1.67. The summed E-state index contributed by atoms with van der Waals surface area (Å²) in [6.07, 6.45) is 1.83. The summed E-state index contributed by atoms with van der Waals surface area (Å²) in [6, 6.07) is 18.8. The molecule has 0 unspecified atom stereocenters. The number of amides is 1. The third kappa shape index (κ3) is 5.61. The van der Waals surface area contributed by atoms with E-state index in [0.717, 1.165) is 16.8 Å². The number of likely N-dealkylation sites (N-methyl/N-ethyl adjacent to an activating group) is 1. The van der Waals surface area contributed by atoms with Crippen molar-refractivity contribution in [2.45, 2.75) is 20.5 Å². The zero-order valence-corrected chi connectivity index (χ0v) is 20.7. The van der Waals surface area contributed by atoms with Crippen molar-refractivity contribution in [1.29, 1.82) is 0 Å². The first-order valence-electron chi connectivity index (χ1n) is 10.8. The fraction of sp³-hybridized carbons (Fsp3) is 0.192. The van der Waals surface area contributed by atoms with Crippen LogP contribution in [-0.4, -0.2) is 34.6 Å². The Balaban J connectivity index is 1.55. The van der Waals surface area contributed by atoms with Crippen LogP contribution in [0.15, 0.2) is 70.6 Å². The molecule has 0 spiro atoms. The highest BCUT2D eigenvalue weighted by Crippen LogP contribution is 2.35. The van der Waals surface area contributed by atoms with Gasteiger partial charge in [0.05, 0.1) is 11.5 Å². The molecule has 0 saturated carbocycles. The van der Waals surface area contributed by atoms with Crippen LogP contribution in [0.1, 0.15) is 23.7 Å². The molecule has 2 aromatic carbocycles. The predicted octanol–water partition coefficient (Wildman–Crippen LogP) is 6.25. The Morgan fingerprint density at radius 1 is 1.09 bits per heavy atom. The molecule has 1 fully saturated rings. The summed E-state index contributed by atoms with van der Waals surface area (Å²) in [4.78, 5) is 23.9. The van der Waals surface area contributed by atoms with Crippen LogP contribution in [0.2, 0.25) is 5.02 Å². The largest absolute Gasteiger partial charge is 0.490 e. The SMILES string of the molecule is CCOc1cc(/C=C2\S/C(=N/c3cccc(C)n3)N(C)C2=O)ccc1OCc1ccccc1Cl. The van der Waals surface area contributed by atoms with Gasteiger partial charge in [-0.05, 0) is 67.6 Å². The van der Waals surface area contributed by atoms with Gasteiger partial charge in [0, 0.05) is 23.3 Å². The van der Waals surface area contributed by atoms with Gasteiger partial charge < -0.3 is 9.47 Å². The van der Waals surface area contributed by atoms with Crippen LogP contribution < -0.4 is 9.47 Å². The molecule has 34 heavy (non-hydrogen) atoms. The lowest BCUT2D eigenvalue weighted by Crippen LogP contribution is -2.23. The van der Waals surface area contributed by atoms with E-state index in [1.54, 1.807) is 7.05 Å². The molecule has 0 bridgehead atoms. The van der Waals surface area contributed by atoms with E-state index >= 15 is 0 Å². The van der Waals surface area contributed by atoms with E-state index in [1.807, 2.05) is 80.6 Å². The maximum Gasteiger partial charge on any atom is 0.266 e. The number of benzene rings is 2. The Morgan fingerprint density at radius 3 is 2.68 bits per heavy atom. The number of pyridine rings is 1. The highest BCUT2D eigenvalue weighted by atomic mass is 35.5. The number of aliphatic imine (C=N–C) groups is 1. The second-order valence-corrected chi connectivity index (χ2v) is 8.94. The molecule has 1 aliphatic rings. The standard InChI is InChI=1S/C26H24ClN3O3S/c1-4-32-22-14-18(12-13-21(22)33-16-19-9-5-6-10-20(19)27)15-23-25(31)30(3)26(34-23)29-24-11-7-8-17(2)28-24/h5-15H,4,16H2,1-3H3/b23-15-,29-26+. The lowest BCUT2D eigenvalue weighted by molar-refractivity contribution is -0.121. The number of nitrogens with zero attached hydrogens (tertiary/aromatic N) is 3. The molecule has 3 aromatic rings. The summed E-state index contributed by atoms with van der Waals surface area (Å²) in [6.45, 7) is 4.63. The van der Waals surface area contributed by atoms with E-state index in [0.29, 0.717) is 45.6 Å². The van der Waals surface area contributed by atoms with Crippen LogP contribution in [0.5, 0.6) is 11.5 Å². The molecule has 2 heterocycles. The van der Waals surface area contributed by atoms with Gasteiger partial charge in [0.15, 0.2) is 22.5 Å². The number of hydrogen-bond donors (Lipinski definition) is 0. The van der Waals surface area contributed by atoms with E-state index in [2.05, 4.69) is 9.98 Å². The molecule has 0 N–H and O–H groups in total. The van der Waals surface area contributed by atoms with E-state index < -0.39 is 0 Å². The molecule has 1 amide bonds. The molecular weight excluding hydrogens is 470 g/mol. The van der Waals surface area contributed by atoms with Gasteiger partial charge in [-0.1, -0.05) is 41.9 Å². The van der Waals surface area contributed by atoms with Crippen LogP contribution in [0, 0.1) is 6.92 Å². The molecule has 4 rings (SSSR count). The second kappa shape index (κ2) is 10.8. The third-order valence-corrected chi connectivity index (χ3v) is 6.42. The third-order valence-electron chi connectivity index (χ3n) is 4.99. The molecule has 1 aromatic heterocycles. The summed E-state index contributed by atoms with van der Waals surface area (Å²) >= 11 is 7.55. The maximum absolute atomic E-state index is 12.8. The monoisotopic (exact) mass is 493 g/mol. The number of amidine groups is 1. The first-order valence-corrected chi connectivity index (χ1v) is 12.0. The Labute approximate surface area is 208 Å². The summed E-state index contributed by atoms with van der Waals surface area (Å²) in [5, 5.41) is 1.24. The number of aryl methyl sites for hydroxylation is 1.